The van der Waals surface area contributed by atoms with Gasteiger partial charge in [-0.15, -0.1) is 5.10 Å². The average Bonchev–Trinajstić information content (AvgIpc) is 3.30. The van der Waals surface area contributed by atoms with Crippen LogP contribution in [-0.2, 0) is 6.54 Å². The molecule has 1 atom stereocenters. The molecule has 130 valence electrons. The Morgan fingerprint density at radius 3 is 2.84 bits per heavy atom. The smallest absolute Gasteiger partial charge is 0.273 e. The minimum Gasteiger partial charge on any atom is -0.351 e. The van der Waals surface area contributed by atoms with Crippen LogP contribution in [0.25, 0.3) is 0 Å². The lowest BCUT2D eigenvalue weighted by Gasteiger charge is -2.11. The molecule has 0 radical (unpaired) electrons. The fraction of sp³-hybridized carbons (Fsp3) is 0.294. The summed E-state index contributed by atoms with van der Waals surface area (Å²) in [5.74, 6) is -0.548. The Labute approximate surface area is 144 Å². The van der Waals surface area contributed by atoms with Gasteiger partial charge in [-0.3, -0.25) is 4.79 Å². The maximum absolute atomic E-state index is 13.0. The van der Waals surface area contributed by atoms with Crippen LogP contribution in [0.15, 0.2) is 49.2 Å². The Balaban J connectivity index is 1.53. The fourth-order valence-electron chi connectivity index (χ4n) is 2.44. The summed E-state index contributed by atoms with van der Waals surface area (Å²) in [5, 5.41) is 10.7. The number of aryl methyl sites for hydroxylation is 1. The second-order valence-electron chi connectivity index (χ2n) is 5.72. The molecule has 7 nitrogen and oxygen atoms in total. The van der Waals surface area contributed by atoms with Crippen LogP contribution >= 0.6 is 0 Å². The number of carbonyl (C=O) groups excluding carboxylic acids is 1. The number of imidazole rings is 1. The van der Waals surface area contributed by atoms with Crippen molar-refractivity contribution >= 4 is 5.91 Å². The van der Waals surface area contributed by atoms with Crippen molar-refractivity contribution in [2.45, 2.75) is 25.9 Å². The van der Waals surface area contributed by atoms with Crippen LogP contribution in [-0.4, -0.2) is 37.0 Å². The number of amides is 1. The Bertz CT molecular complexity index is 812. The van der Waals surface area contributed by atoms with Crippen LogP contribution in [0.2, 0.25) is 0 Å². The van der Waals surface area contributed by atoms with E-state index >= 15 is 0 Å². The molecule has 2 aromatic heterocycles. The van der Waals surface area contributed by atoms with Crippen LogP contribution in [0.1, 0.15) is 35.4 Å². The van der Waals surface area contributed by atoms with E-state index in [9.17, 15) is 9.18 Å². The minimum atomic E-state index is -0.287. The van der Waals surface area contributed by atoms with E-state index in [1.54, 1.807) is 35.5 Å². The molecular formula is C17H19FN6O. The molecule has 0 saturated heterocycles. The number of hydrogen-bond acceptors (Lipinski definition) is 4. The molecular weight excluding hydrogens is 323 g/mol. The summed E-state index contributed by atoms with van der Waals surface area (Å²) in [7, 11) is 0. The van der Waals surface area contributed by atoms with E-state index in [2.05, 4.69) is 20.6 Å². The molecule has 1 aromatic carbocycles. The molecule has 0 saturated carbocycles. The molecule has 8 heteroatoms. The van der Waals surface area contributed by atoms with Gasteiger partial charge in [0, 0.05) is 25.5 Å². The highest BCUT2D eigenvalue weighted by Crippen LogP contribution is 2.17. The van der Waals surface area contributed by atoms with Gasteiger partial charge in [0.05, 0.1) is 18.6 Å². The largest absolute Gasteiger partial charge is 0.351 e. The van der Waals surface area contributed by atoms with Gasteiger partial charge in [0.15, 0.2) is 5.69 Å². The van der Waals surface area contributed by atoms with Gasteiger partial charge >= 0.3 is 0 Å². The van der Waals surface area contributed by atoms with Crippen LogP contribution in [0, 0.1) is 5.82 Å². The molecule has 3 aromatic rings. The van der Waals surface area contributed by atoms with Crippen molar-refractivity contribution in [3.05, 3.63) is 66.3 Å². The molecule has 0 aliphatic heterocycles. The number of carbonyl (C=O) groups is 1. The predicted molar refractivity (Wildman–Crippen MR) is 89.4 cm³/mol. The zero-order valence-corrected chi connectivity index (χ0v) is 13.8. The van der Waals surface area contributed by atoms with Gasteiger partial charge in [-0.25, -0.2) is 14.1 Å². The number of nitrogens with one attached hydrogen (secondary N) is 1. The fourth-order valence-corrected chi connectivity index (χ4v) is 2.44. The highest BCUT2D eigenvalue weighted by atomic mass is 19.1. The van der Waals surface area contributed by atoms with Gasteiger partial charge in [-0.05, 0) is 31.0 Å². The molecule has 1 amide bonds. The molecule has 25 heavy (non-hydrogen) atoms. The number of halogens is 1. The van der Waals surface area contributed by atoms with E-state index in [1.807, 2.05) is 17.7 Å². The first kappa shape index (κ1) is 16.8. The number of hydrogen-bond donors (Lipinski definition) is 1. The first-order valence-electron chi connectivity index (χ1n) is 8.05. The Morgan fingerprint density at radius 1 is 1.32 bits per heavy atom. The van der Waals surface area contributed by atoms with Crippen molar-refractivity contribution in [1.82, 2.24) is 29.9 Å². The van der Waals surface area contributed by atoms with E-state index in [-0.39, 0.29) is 23.5 Å². The minimum absolute atomic E-state index is 0.143. The van der Waals surface area contributed by atoms with Gasteiger partial charge in [0.2, 0.25) is 0 Å². The number of nitrogens with zero attached hydrogens (tertiary/aromatic N) is 5. The van der Waals surface area contributed by atoms with E-state index in [1.165, 1.54) is 12.1 Å². The van der Waals surface area contributed by atoms with E-state index < -0.39 is 0 Å². The first-order chi connectivity index (χ1) is 12.1. The highest BCUT2D eigenvalue weighted by Gasteiger charge is 2.14. The second kappa shape index (κ2) is 7.69. The van der Waals surface area contributed by atoms with Gasteiger partial charge in [0.25, 0.3) is 5.91 Å². The Kier molecular flexibility index (Phi) is 5.17. The third kappa shape index (κ3) is 4.28. The number of rotatable bonds is 7. The predicted octanol–water partition coefficient (Wildman–Crippen LogP) is 2.04. The zero-order chi connectivity index (χ0) is 17.6. The van der Waals surface area contributed by atoms with Crippen LogP contribution in [0.3, 0.4) is 0 Å². The number of benzene rings is 1. The molecule has 0 unspecified atom stereocenters. The highest BCUT2D eigenvalue weighted by molar-refractivity contribution is 5.91. The summed E-state index contributed by atoms with van der Waals surface area (Å²) in [5.41, 5.74) is 1.15. The molecule has 0 aliphatic carbocycles. The maximum atomic E-state index is 13.0. The van der Waals surface area contributed by atoms with Crippen LogP contribution < -0.4 is 5.32 Å². The SMILES string of the molecule is C[C@@H](c1ccc(F)cc1)n1cc(C(=O)NCCCn2ccnc2)nn1. The molecule has 0 bridgehead atoms. The summed E-state index contributed by atoms with van der Waals surface area (Å²) in [6.07, 6.45) is 7.73. The lowest BCUT2D eigenvalue weighted by molar-refractivity contribution is 0.0947. The van der Waals surface area contributed by atoms with E-state index in [0.29, 0.717) is 6.54 Å². The van der Waals surface area contributed by atoms with Crippen molar-refractivity contribution < 1.29 is 9.18 Å². The van der Waals surface area contributed by atoms with Gasteiger partial charge in [-0.1, -0.05) is 17.3 Å². The van der Waals surface area contributed by atoms with Gasteiger partial charge in [-0.2, -0.15) is 0 Å². The lowest BCUT2D eigenvalue weighted by atomic mass is 10.1. The van der Waals surface area contributed by atoms with E-state index in [0.717, 1.165) is 18.5 Å². The monoisotopic (exact) mass is 342 g/mol. The topological polar surface area (TPSA) is 77.6 Å². The van der Waals surface area contributed by atoms with Crippen molar-refractivity contribution in [3.63, 3.8) is 0 Å². The molecule has 3 rings (SSSR count). The number of aromatic nitrogens is 5. The Hall–Kier alpha value is -3.03. The summed E-state index contributed by atoms with van der Waals surface area (Å²) in [6, 6.07) is 6.04. The van der Waals surface area contributed by atoms with Gasteiger partial charge in [0.1, 0.15) is 5.82 Å². The quantitative estimate of drug-likeness (QED) is 0.667. The Morgan fingerprint density at radius 2 is 2.12 bits per heavy atom. The van der Waals surface area contributed by atoms with Gasteiger partial charge < -0.3 is 9.88 Å². The second-order valence-corrected chi connectivity index (χ2v) is 5.72. The maximum Gasteiger partial charge on any atom is 0.273 e. The summed E-state index contributed by atoms with van der Waals surface area (Å²) < 4.78 is 16.5. The lowest BCUT2D eigenvalue weighted by Crippen LogP contribution is -2.25. The molecule has 1 N–H and O–H groups in total. The third-order valence-electron chi connectivity index (χ3n) is 3.93. The van der Waals surface area contributed by atoms with Crippen LogP contribution in [0.4, 0.5) is 4.39 Å². The molecule has 2 heterocycles. The van der Waals surface area contributed by atoms with Crippen molar-refractivity contribution in [1.29, 1.82) is 0 Å². The van der Waals surface area contributed by atoms with Crippen molar-refractivity contribution in [3.8, 4) is 0 Å². The first-order valence-corrected chi connectivity index (χ1v) is 8.05. The average molecular weight is 342 g/mol. The molecule has 0 aliphatic rings. The normalized spacial score (nSPS) is 12.1. The van der Waals surface area contributed by atoms with E-state index in [4.69, 9.17) is 0 Å². The van der Waals surface area contributed by atoms with Crippen LogP contribution in [0.5, 0.6) is 0 Å². The van der Waals surface area contributed by atoms with Crippen molar-refractivity contribution in [2.75, 3.05) is 6.54 Å². The summed E-state index contributed by atoms with van der Waals surface area (Å²) >= 11 is 0. The third-order valence-corrected chi connectivity index (χ3v) is 3.93. The standard InChI is InChI=1S/C17H19FN6O/c1-13(14-3-5-15(18)6-4-14)24-11-16(21-22-24)17(25)20-7-2-9-23-10-8-19-12-23/h3-6,8,10-13H,2,7,9H2,1H3,(H,20,25)/t13-/m0/s1. The zero-order valence-electron chi connectivity index (χ0n) is 13.8. The molecule has 0 fully saturated rings. The molecule has 0 spiro atoms. The summed E-state index contributed by atoms with van der Waals surface area (Å²) in [6.45, 7) is 3.24. The summed E-state index contributed by atoms with van der Waals surface area (Å²) in [4.78, 5) is 16.1. The van der Waals surface area contributed by atoms with Crippen molar-refractivity contribution in [2.24, 2.45) is 0 Å².